The number of nitrogens with one attached hydrogen (secondary N) is 2. The predicted molar refractivity (Wildman–Crippen MR) is 243 cm³/mol. The van der Waals surface area contributed by atoms with Crippen LogP contribution < -0.4 is 10.6 Å². The van der Waals surface area contributed by atoms with Crippen LogP contribution in [0, 0.1) is 0 Å². The minimum atomic E-state index is -0.177. The van der Waals surface area contributed by atoms with E-state index in [2.05, 4.69) is 191 Å². The lowest BCUT2D eigenvalue weighted by Gasteiger charge is -2.32. The maximum Gasteiger partial charge on any atom is 0.131 e. The van der Waals surface area contributed by atoms with E-state index in [4.69, 9.17) is 4.99 Å². The molecule has 0 bridgehead atoms. The zero-order valence-electron chi connectivity index (χ0n) is 30.7. The average molecular weight is 767 g/mol. The first kappa shape index (κ1) is 32.7. The van der Waals surface area contributed by atoms with Gasteiger partial charge in [0.15, 0.2) is 0 Å². The molecule has 57 heavy (non-hydrogen) atoms. The first-order chi connectivity index (χ1) is 28.2. The van der Waals surface area contributed by atoms with Gasteiger partial charge in [-0.15, -0.1) is 22.7 Å². The van der Waals surface area contributed by atoms with Crippen LogP contribution in [0.4, 0.5) is 0 Å². The summed E-state index contributed by atoms with van der Waals surface area (Å²) in [6.45, 7) is 0. The van der Waals surface area contributed by atoms with E-state index < -0.39 is 0 Å². The monoisotopic (exact) mass is 766 g/mol. The van der Waals surface area contributed by atoms with Crippen molar-refractivity contribution in [3.05, 3.63) is 199 Å². The van der Waals surface area contributed by atoms with Gasteiger partial charge in [0.1, 0.15) is 18.2 Å². The molecule has 0 amide bonds. The molecule has 11 aromatic rings. The van der Waals surface area contributed by atoms with Crippen molar-refractivity contribution in [3.8, 4) is 16.8 Å². The molecule has 8 aromatic carbocycles. The molecule has 4 heterocycles. The summed E-state index contributed by atoms with van der Waals surface area (Å²) in [5, 5.41) is 15.3. The van der Waals surface area contributed by atoms with Gasteiger partial charge in [-0.05, 0) is 64.7 Å². The van der Waals surface area contributed by atoms with Crippen molar-refractivity contribution in [2.24, 2.45) is 4.99 Å². The molecular formula is C51H34N4S2. The molecule has 0 saturated carbocycles. The quantitative estimate of drug-likeness (QED) is 0.183. The Morgan fingerprint density at radius 2 is 1.05 bits per heavy atom. The first-order valence-electron chi connectivity index (χ1n) is 19.3. The van der Waals surface area contributed by atoms with Crippen LogP contribution in [0.3, 0.4) is 0 Å². The first-order valence-corrected chi connectivity index (χ1v) is 21.0. The number of aliphatic imine (C=N–C) groups is 1. The maximum absolute atomic E-state index is 5.14. The zero-order chi connectivity index (χ0) is 37.5. The van der Waals surface area contributed by atoms with Crippen LogP contribution in [0.2, 0.25) is 0 Å². The molecule has 3 aromatic heterocycles. The molecule has 1 aliphatic heterocycles. The van der Waals surface area contributed by atoms with Crippen LogP contribution in [0.25, 0.3) is 79.0 Å². The molecule has 2 N–H and O–H groups in total. The standard InChI is InChI=1S/C51H34N4S2/c1-3-12-31(13-4-1)49-52-50(32-14-5-2-6-15-32)54-51(53-49)41-18-11-21-44-48(41)40-26-23-34(29-46(40)56-44)33-22-25-38-39-27-24-35(30-47(39)57-45(38)28-33)55-42-19-9-7-16-36(42)37-17-8-10-20-43(37)55/h1-30,49,51,53H,(H,52,54). The summed E-state index contributed by atoms with van der Waals surface area (Å²) in [6.07, 6.45) is -0.307. The van der Waals surface area contributed by atoms with Crippen LogP contribution in [0.15, 0.2) is 187 Å². The Morgan fingerprint density at radius 3 is 1.79 bits per heavy atom. The van der Waals surface area contributed by atoms with Crippen LogP contribution in [0.5, 0.6) is 0 Å². The minimum absolute atomic E-state index is 0.130. The predicted octanol–water partition coefficient (Wildman–Crippen LogP) is 13.5. The number of hydrogen-bond acceptors (Lipinski definition) is 5. The normalized spacial score (nSPS) is 15.9. The highest BCUT2D eigenvalue weighted by Gasteiger charge is 2.27. The molecule has 0 aliphatic carbocycles. The summed E-state index contributed by atoms with van der Waals surface area (Å²) in [4.78, 5) is 5.14. The number of benzene rings is 8. The number of thiophene rings is 2. The van der Waals surface area contributed by atoms with Gasteiger partial charge < -0.3 is 9.88 Å². The smallest absolute Gasteiger partial charge is 0.131 e. The second-order valence-corrected chi connectivity index (χ2v) is 17.0. The Hall–Kier alpha value is -6.57. The summed E-state index contributed by atoms with van der Waals surface area (Å²) in [5.74, 6) is 0.895. The molecule has 270 valence electrons. The summed E-state index contributed by atoms with van der Waals surface area (Å²) >= 11 is 3.75. The lowest BCUT2D eigenvalue weighted by molar-refractivity contribution is 0.411. The summed E-state index contributed by atoms with van der Waals surface area (Å²) in [5.41, 5.74) is 9.58. The molecule has 6 heteroatoms. The molecule has 4 nitrogen and oxygen atoms in total. The minimum Gasteiger partial charge on any atom is -0.350 e. The SMILES string of the molecule is c1ccc(C2=NC(c3ccccc3)NC(c3cccc4sc5cc(-c6ccc7c(c6)sc6cc(-n8c9ccccc9c9ccccc98)ccc67)ccc5c34)N2)cc1. The van der Waals surface area contributed by atoms with Gasteiger partial charge >= 0.3 is 0 Å². The van der Waals surface area contributed by atoms with Gasteiger partial charge in [-0.2, -0.15) is 0 Å². The third kappa shape index (κ3) is 5.33. The third-order valence-electron chi connectivity index (χ3n) is 11.5. The van der Waals surface area contributed by atoms with Gasteiger partial charge in [-0.3, -0.25) is 5.32 Å². The van der Waals surface area contributed by atoms with Crippen molar-refractivity contribution in [1.29, 1.82) is 0 Å². The highest BCUT2D eigenvalue weighted by Crippen LogP contribution is 2.43. The highest BCUT2D eigenvalue weighted by molar-refractivity contribution is 7.26. The molecule has 2 atom stereocenters. The molecular weight excluding hydrogens is 733 g/mol. The van der Waals surface area contributed by atoms with Gasteiger partial charge in [-0.1, -0.05) is 140 Å². The van der Waals surface area contributed by atoms with Gasteiger partial charge in [0, 0.05) is 62.4 Å². The van der Waals surface area contributed by atoms with Crippen molar-refractivity contribution in [1.82, 2.24) is 15.2 Å². The van der Waals surface area contributed by atoms with Crippen molar-refractivity contribution in [2.75, 3.05) is 0 Å². The Kier molecular flexibility index (Phi) is 7.45. The van der Waals surface area contributed by atoms with Crippen molar-refractivity contribution < 1.29 is 0 Å². The second-order valence-electron chi connectivity index (χ2n) is 14.8. The second kappa shape index (κ2) is 13.0. The highest BCUT2D eigenvalue weighted by atomic mass is 32.1. The van der Waals surface area contributed by atoms with E-state index >= 15 is 0 Å². The van der Waals surface area contributed by atoms with E-state index in [-0.39, 0.29) is 12.3 Å². The lowest BCUT2D eigenvalue weighted by atomic mass is 9.99. The Labute approximate surface area is 337 Å². The van der Waals surface area contributed by atoms with Crippen LogP contribution >= 0.6 is 22.7 Å². The average Bonchev–Trinajstić information content (AvgIpc) is 3.95. The van der Waals surface area contributed by atoms with Gasteiger partial charge in [-0.25, -0.2) is 4.99 Å². The fraction of sp³-hybridized carbons (Fsp3) is 0.0392. The number of amidine groups is 1. The number of fused-ring (bicyclic) bond motifs is 9. The summed E-state index contributed by atoms with van der Waals surface area (Å²) in [6, 6.07) is 66.0. The molecule has 0 fully saturated rings. The lowest BCUT2D eigenvalue weighted by Crippen LogP contribution is -2.45. The van der Waals surface area contributed by atoms with Crippen molar-refractivity contribution in [2.45, 2.75) is 12.3 Å². The Bertz CT molecular complexity index is 3320. The van der Waals surface area contributed by atoms with E-state index in [1.165, 1.54) is 84.5 Å². The largest absolute Gasteiger partial charge is 0.350 e. The number of para-hydroxylation sites is 2. The van der Waals surface area contributed by atoms with Crippen LogP contribution in [-0.2, 0) is 0 Å². The number of aromatic nitrogens is 1. The van der Waals surface area contributed by atoms with E-state index in [0.717, 1.165) is 17.0 Å². The topological polar surface area (TPSA) is 41.4 Å². The Balaban J connectivity index is 0.918. The van der Waals surface area contributed by atoms with Crippen molar-refractivity contribution in [3.63, 3.8) is 0 Å². The van der Waals surface area contributed by atoms with E-state index in [0.29, 0.717) is 0 Å². The fourth-order valence-electron chi connectivity index (χ4n) is 8.83. The summed E-state index contributed by atoms with van der Waals surface area (Å²) < 4.78 is 7.58. The fourth-order valence-corrected chi connectivity index (χ4v) is 11.2. The number of hydrogen-bond donors (Lipinski definition) is 2. The third-order valence-corrected chi connectivity index (χ3v) is 13.7. The Morgan fingerprint density at radius 1 is 0.456 bits per heavy atom. The molecule has 0 saturated heterocycles. The molecule has 2 unspecified atom stereocenters. The maximum atomic E-state index is 5.14. The van der Waals surface area contributed by atoms with Gasteiger partial charge in [0.05, 0.1) is 11.0 Å². The zero-order valence-corrected chi connectivity index (χ0v) is 32.3. The van der Waals surface area contributed by atoms with Gasteiger partial charge in [0.25, 0.3) is 0 Å². The number of rotatable bonds is 5. The molecule has 12 rings (SSSR count). The van der Waals surface area contributed by atoms with E-state index in [9.17, 15) is 0 Å². The van der Waals surface area contributed by atoms with Crippen LogP contribution in [-0.4, -0.2) is 10.4 Å². The van der Waals surface area contributed by atoms with Crippen LogP contribution in [0.1, 0.15) is 29.0 Å². The van der Waals surface area contributed by atoms with E-state index in [1.54, 1.807) is 0 Å². The van der Waals surface area contributed by atoms with E-state index in [1.807, 2.05) is 28.7 Å². The molecule has 0 spiro atoms. The van der Waals surface area contributed by atoms with Gasteiger partial charge in [0.2, 0.25) is 0 Å². The molecule has 0 radical (unpaired) electrons. The summed E-state index contributed by atoms with van der Waals surface area (Å²) in [7, 11) is 0. The molecule has 1 aliphatic rings. The van der Waals surface area contributed by atoms with Crippen molar-refractivity contribution >= 4 is 90.7 Å². The number of nitrogens with zero attached hydrogens (tertiary/aromatic N) is 2.